The first-order chi connectivity index (χ1) is 14.8. The smallest absolute Gasteiger partial charge is 0.255 e. The number of hydrogen-bond acceptors (Lipinski definition) is 6. The van der Waals surface area contributed by atoms with Crippen molar-refractivity contribution < 1.29 is 17.9 Å². The molecule has 0 radical (unpaired) electrons. The van der Waals surface area contributed by atoms with E-state index in [-0.39, 0.29) is 10.5 Å². The summed E-state index contributed by atoms with van der Waals surface area (Å²) in [5.74, 6) is 0.224. The number of nitrogens with zero attached hydrogens (tertiary/aromatic N) is 4. The van der Waals surface area contributed by atoms with Crippen LogP contribution in [0.5, 0.6) is 0 Å². The zero-order chi connectivity index (χ0) is 22.0. The van der Waals surface area contributed by atoms with Gasteiger partial charge in [0.05, 0.1) is 35.7 Å². The third-order valence-electron chi connectivity index (χ3n) is 4.94. The number of benzene rings is 1. The number of nitrogens with one attached hydrogen (secondary N) is 1. The minimum Gasteiger partial charge on any atom is -0.379 e. The van der Waals surface area contributed by atoms with Crippen molar-refractivity contribution in [3.63, 3.8) is 0 Å². The molecule has 0 unspecified atom stereocenters. The van der Waals surface area contributed by atoms with Crippen molar-refractivity contribution in [2.24, 2.45) is 0 Å². The van der Waals surface area contributed by atoms with Crippen molar-refractivity contribution >= 4 is 21.6 Å². The molecule has 3 aromatic rings. The van der Waals surface area contributed by atoms with E-state index >= 15 is 0 Å². The molecule has 0 spiro atoms. The Morgan fingerprint density at radius 3 is 2.52 bits per heavy atom. The Balaban J connectivity index is 1.50. The normalized spacial score (nSPS) is 15.0. The number of ether oxygens (including phenoxy) is 1. The van der Waals surface area contributed by atoms with Gasteiger partial charge in [-0.1, -0.05) is 6.07 Å². The highest BCUT2D eigenvalue weighted by Crippen LogP contribution is 2.19. The summed E-state index contributed by atoms with van der Waals surface area (Å²) in [5.41, 5.74) is 2.59. The van der Waals surface area contributed by atoms with Gasteiger partial charge in [0.1, 0.15) is 0 Å². The molecule has 0 atom stereocenters. The van der Waals surface area contributed by atoms with Crippen LogP contribution in [0, 0.1) is 13.8 Å². The number of amides is 1. The van der Waals surface area contributed by atoms with Gasteiger partial charge in [0.15, 0.2) is 5.82 Å². The topological polar surface area (TPSA) is 106 Å². The highest BCUT2D eigenvalue weighted by Gasteiger charge is 2.26. The van der Waals surface area contributed by atoms with Gasteiger partial charge in [0.25, 0.3) is 5.91 Å². The fourth-order valence-electron chi connectivity index (χ4n) is 3.38. The second-order valence-corrected chi connectivity index (χ2v) is 9.18. The Bertz CT molecular complexity index is 1200. The summed E-state index contributed by atoms with van der Waals surface area (Å²) in [7, 11) is -3.68. The molecule has 1 amide bonds. The Hall–Kier alpha value is -3.08. The summed E-state index contributed by atoms with van der Waals surface area (Å²) >= 11 is 0. The maximum absolute atomic E-state index is 12.8. The molecule has 1 aliphatic heterocycles. The van der Waals surface area contributed by atoms with Crippen molar-refractivity contribution in [3.8, 4) is 5.82 Å². The summed E-state index contributed by atoms with van der Waals surface area (Å²) in [6, 6.07) is 11.5. The predicted octanol–water partition coefficient (Wildman–Crippen LogP) is 2.16. The molecule has 1 saturated heterocycles. The highest BCUT2D eigenvalue weighted by atomic mass is 32.2. The zero-order valence-electron chi connectivity index (χ0n) is 17.3. The van der Waals surface area contributed by atoms with E-state index in [9.17, 15) is 13.2 Å². The fraction of sp³-hybridized carbons (Fsp3) is 0.286. The second kappa shape index (κ2) is 8.58. The molecule has 10 heteroatoms. The summed E-state index contributed by atoms with van der Waals surface area (Å²) in [6.45, 7) is 5.17. The zero-order valence-corrected chi connectivity index (χ0v) is 18.1. The molecule has 2 aromatic heterocycles. The number of aryl methyl sites for hydroxylation is 2. The Morgan fingerprint density at radius 2 is 1.87 bits per heavy atom. The van der Waals surface area contributed by atoms with Gasteiger partial charge in [0, 0.05) is 24.3 Å². The highest BCUT2D eigenvalue weighted by molar-refractivity contribution is 7.89. The molecule has 1 aromatic carbocycles. The van der Waals surface area contributed by atoms with E-state index in [1.54, 1.807) is 28.9 Å². The van der Waals surface area contributed by atoms with Crippen molar-refractivity contribution in [3.05, 3.63) is 65.6 Å². The lowest BCUT2D eigenvalue weighted by molar-refractivity contribution is 0.0730. The van der Waals surface area contributed by atoms with Gasteiger partial charge < -0.3 is 10.1 Å². The largest absolute Gasteiger partial charge is 0.379 e. The lowest BCUT2D eigenvalue weighted by atomic mass is 10.2. The van der Waals surface area contributed by atoms with Crippen molar-refractivity contribution in [1.82, 2.24) is 19.1 Å². The molecule has 1 aliphatic rings. The van der Waals surface area contributed by atoms with Gasteiger partial charge in [-0.05, 0) is 50.2 Å². The van der Waals surface area contributed by atoms with Crippen LogP contribution in [0.1, 0.15) is 21.7 Å². The number of carbonyl (C=O) groups excluding carboxylic acids is 1. The predicted molar refractivity (Wildman–Crippen MR) is 115 cm³/mol. The Morgan fingerprint density at radius 1 is 1.10 bits per heavy atom. The van der Waals surface area contributed by atoms with Crippen LogP contribution >= 0.6 is 0 Å². The van der Waals surface area contributed by atoms with E-state index in [0.717, 1.165) is 11.4 Å². The molecule has 9 nitrogen and oxygen atoms in total. The van der Waals surface area contributed by atoms with Crippen molar-refractivity contribution in [2.45, 2.75) is 18.7 Å². The molecule has 31 heavy (non-hydrogen) atoms. The minimum atomic E-state index is -3.68. The molecule has 0 bridgehead atoms. The quantitative estimate of drug-likeness (QED) is 0.650. The van der Waals surface area contributed by atoms with Gasteiger partial charge in [-0.3, -0.25) is 4.79 Å². The van der Waals surface area contributed by atoms with E-state index in [1.165, 1.54) is 22.6 Å². The summed E-state index contributed by atoms with van der Waals surface area (Å²) in [5, 5.41) is 7.14. The lowest BCUT2D eigenvalue weighted by Crippen LogP contribution is -2.40. The van der Waals surface area contributed by atoms with E-state index in [2.05, 4.69) is 15.4 Å². The van der Waals surface area contributed by atoms with Crippen LogP contribution in [-0.2, 0) is 14.8 Å². The van der Waals surface area contributed by atoms with E-state index in [4.69, 9.17) is 4.74 Å². The number of sulfonamides is 1. The monoisotopic (exact) mass is 441 g/mol. The van der Waals surface area contributed by atoms with Crippen molar-refractivity contribution in [2.75, 3.05) is 31.6 Å². The third-order valence-corrected chi connectivity index (χ3v) is 6.83. The summed E-state index contributed by atoms with van der Waals surface area (Å²) in [6.07, 6.45) is 1.54. The van der Waals surface area contributed by atoms with E-state index in [1.807, 2.05) is 19.9 Å². The van der Waals surface area contributed by atoms with Gasteiger partial charge in [-0.2, -0.15) is 9.40 Å². The Labute approximate surface area is 180 Å². The molecule has 1 N–H and O–H groups in total. The summed E-state index contributed by atoms with van der Waals surface area (Å²) in [4.78, 5) is 17.1. The third kappa shape index (κ3) is 4.50. The van der Waals surface area contributed by atoms with Crippen LogP contribution in [0.25, 0.3) is 5.82 Å². The van der Waals surface area contributed by atoms with Crippen molar-refractivity contribution in [1.29, 1.82) is 0 Å². The molecular weight excluding hydrogens is 418 g/mol. The minimum absolute atomic E-state index is 0.0834. The van der Waals surface area contributed by atoms with Crippen LogP contribution in [-0.4, -0.2) is 59.7 Å². The maximum atomic E-state index is 12.8. The maximum Gasteiger partial charge on any atom is 0.255 e. The van der Waals surface area contributed by atoms with Gasteiger partial charge in [-0.25, -0.2) is 18.1 Å². The fourth-order valence-corrected chi connectivity index (χ4v) is 4.84. The molecule has 0 saturated carbocycles. The average molecular weight is 442 g/mol. The number of morpholine rings is 1. The van der Waals surface area contributed by atoms with Crippen LogP contribution in [0.15, 0.2) is 53.6 Å². The van der Waals surface area contributed by atoms with Crippen LogP contribution in [0.3, 0.4) is 0 Å². The molecule has 4 rings (SSSR count). The lowest BCUT2D eigenvalue weighted by Gasteiger charge is -2.26. The first kappa shape index (κ1) is 21.2. The number of pyridine rings is 1. The van der Waals surface area contributed by atoms with Gasteiger partial charge >= 0.3 is 0 Å². The first-order valence-corrected chi connectivity index (χ1v) is 11.3. The Kier molecular flexibility index (Phi) is 5.86. The number of anilines is 1. The van der Waals surface area contributed by atoms with Crippen LogP contribution in [0.2, 0.25) is 0 Å². The number of aromatic nitrogens is 3. The number of hydrogen-bond donors (Lipinski definition) is 1. The molecular formula is C21H23N5O4S. The molecule has 1 fully saturated rings. The first-order valence-electron chi connectivity index (χ1n) is 9.83. The molecule has 0 aliphatic carbocycles. The number of rotatable bonds is 5. The van der Waals surface area contributed by atoms with Gasteiger partial charge in [-0.15, -0.1) is 0 Å². The average Bonchev–Trinajstić information content (AvgIpc) is 3.13. The number of carbonyl (C=O) groups is 1. The standard InChI is InChI=1S/C21H23N5O4S/c1-15-12-16(2)26(24-15)20-7-6-18(14-22-20)23-21(27)17-4-3-5-19(13-17)31(28,29)25-8-10-30-11-9-25/h3-7,12-14H,8-11H2,1-2H3,(H,23,27). The summed E-state index contributed by atoms with van der Waals surface area (Å²) < 4.78 is 34.0. The van der Waals surface area contributed by atoms with E-state index in [0.29, 0.717) is 37.8 Å². The molecule has 162 valence electrons. The van der Waals surface area contributed by atoms with Crippen LogP contribution in [0.4, 0.5) is 5.69 Å². The molecule has 3 heterocycles. The second-order valence-electron chi connectivity index (χ2n) is 7.24. The van der Waals surface area contributed by atoms with E-state index < -0.39 is 15.9 Å². The SMILES string of the molecule is Cc1cc(C)n(-c2ccc(NC(=O)c3cccc(S(=O)(=O)N4CCOCC4)c3)cn2)n1. The van der Waals surface area contributed by atoms with Crippen LogP contribution < -0.4 is 5.32 Å². The van der Waals surface area contributed by atoms with Gasteiger partial charge in [0.2, 0.25) is 10.0 Å².